The Balaban J connectivity index is 2.15. The summed E-state index contributed by atoms with van der Waals surface area (Å²) >= 11 is 0. The lowest BCUT2D eigenvalue weighted by Gasteiger charge is -1.99. The summed E-state index contributed by atoms with van der Waals surface area (Å²) in [5.74, 6) is 0.236. The van der Waals surface area contributed by atoms with Gasteiger partial charge in [0, 0.05) is 12.4 Å². The average Bonchev–Trinajstić information content (AvgIpc) is 2.73. The van der Waals surface area contributed by atoms with Crippen LogP contribution < -0.4 is 0 Å². The van der Waals surface area contributed by atoms with Crippen LogP contribution in [0.5, 0.6) is 5.75 Å². The van der Waals surface area contributed by atoms with Crippen molar-refractivity contribution in [2.45, 2.75) is 0 Å². The van der Waals surface area contributed by atoms with Crippen LogP contribution in [0.2, 0.25) is 0 Å². The molecular formula is C11H8N4O. The molecule has 0 aliphatic heterocycles. The van der Waals surface area contributed by atoms with Gasteiger partial charge in [-0.25, -0.2) is 14.6 Å². The zero-order valence-corrected chi connectivity index (χ0v) is 8.28. The largest absolute Gasteiger partial charge is 0.508 e. The molecule has 78 valence electrons. The van der Waals surface area contributed by atoms with Crippen molar-refractivity contribution in [1.29, 1.82) is 0 Å². The van der Waals surface area contributed by atoms with Crippen molar-refractivity contribution in [2.75, 3.05) is 0 Å². The molecule has 16 heavy (non-hydrogen) atoms. The highest BCUT2D eigenvalue weighted by Crippen LogP contribution is 2.15. The third kappa shape index (κ3) is 1.38. The van der Waals surface area contributed by atoms with Crippen LogP contribution >= 0.6 is 0 Å². The van der Waals surface area contributed by atoms with Crippen LogP contribution in [-0.2, 0) is 0 Å². The number of phenols is 1. The summed E-state index contributed by atoms with van der Waals surface area (Å²) in [5.41, 5.74) is 1.53. The van der Waals surface area contributed by atoms with E-state index in [9.17, 15) is 5.11 Å². The van der Waals surface area contributed by atoms with Crippen LogP contribution in [0.25, 0.3) is 16.7 Å². The number of aromatic hydroxyl groups is 1. The Kier molecular flexibility index (Phi) is 1.83. The molecule has 0 bridgehead atoms. The number of benzene rings is 1. The lowest BCUT2D eigenvalue weighted by atomic mass is 10.3. The van der Waals surface area contributed by atoms with E-state index in [4.69, 9.17) is 0 Å². The van der Waals surface area contributed by atoms with Crippen LogP contribution in [-0.4, -0.2) is 24.9 Å². The van der Waals surface area contributed by atoms with Crippen LogP contribution in [0, 0.1) is 0 Å². The van der Waals surface area contributed by atoms with Gasteiger partial charge in [-0.05, 0) is 24.3 Å². The van der Waals surface area contributed by atoms with E-state index >= 15 is 0 Å². The third-order valence-electron chi connectivity index (χ3n) is 2.30. The van der Waals surface area contributed by atoms with Gasteiger partial charge in [-0.3, -0.25) is 0 Å². The summed E-state index contributed by atoms with van der Waals surface area (Å²) in [6.07, 6.45) is 5.03. The summed E-state index contributed by atoms with van der Waals surface area (Å²) < 4.78 is 1.71. The Morgan fingerprint density at radius 1 is 1.12 bits per heavy atom. The van der Waals surface area contributed by atoms with E-state index < -0.39 is 0 Å². The summed E-state index contributed by atoms with van der Waals surface area (Å²) in [7, 11) is 0. The molecular weight excluding hydrogens is 204 g/mol. The molecule has 0 unspecified atom stereocenters. The Labute approximate surface area is 91.0 Å². The highest BCUT2D eigenvalue weighted by Gasteiger charge is 2.02. The van der Waals surface area contributed by atoms with E-state index in [-0.39, 0.29) is 5.75 Å². The van der Waals surface area contributed by atoms with Crippen molar-refractivity contribution in [3.63, 3.8) is 0 Å². The first-order valence-corrected chi connectivity index (χ1v) is 4.78. The summed E-state index contributed by atoms with van der Waals surface area (Å²) in [6.45, 7) is 0. The van der Waals surface area contributed by atoms with Gasteiger partial charge in [0.1, 0.15) is 12.1 Å². The monoisotopic (exact) mass is 212 g/mol. The maximum absolute atomic E-state index is 9.19. The molecule has 5 heteroatoms. The molecule has 5 nitrogen and oxygen atoms in total. The van der Waals surface area contributed by atoms with Crippen LogP contribution in [0.15, 0.2) is 43.0 Å². The van der Waals surface area contributed by atoms with Crippen molar-refractivity contribution >= 4 is 11.0 Å². The number of phenolic OH excluding ortho intramolecular Hbond substituents is 1. The summed E-state index contributed by atoms with van der Waals surface area (Å²) in [6, 6.07) is 6.81. The quantitative estimate of drug-likeness (QED) is 0.664. The molecule has 0 saturated heterocycles. The first kappa shape index (κ1) is 8.84. The molecule has 0 spiro atoms. The van der Waals surface area contributed by atoms with Gasteiger partial charge in [0.15, 0.2) is 5.65 Å². The highest BCUT2D eigenvalue weighted by atomic mass is 16.3. The minimum absolute atomic E-state index is 0.236. The summed E-state index contributed by atoms with van der Waals surface area (Å²) in [4.78, 5) is 7.98. The van der Waals surface area contributed by atoms with Gasteiger partial charge in [-0.1, -0.05) is 0 Å². The minimum Gasteiger partial charge on any atom is -0.508 e. The predicted octanol–water partition coefficient (Wildman–Crippen LogP) is 1.52. The van der Waals surface area contributed by atoms with Crippen molar-refractivity contribution in [3.8, 4) is 11.4 Å². The van der Waals surface area contributed by atoms with Crippen LogP contribution in [0.1, 0.15) is 0 Å². The second-order valence-corrected chi connectivity index (χ2v) is 3.39. The SMILES string of the molecule is Oc1ccc(-n2cc3cncnc3n2)cc1. The fourth-order valence-corrected chi connectivity index (χ4v) is 1.51. The van der Waals surface area contributed by atoms with Gasteiger partial charge in [0.25, 0.3) is 0 Å². The fraction of sp³-hybridized carbons (Fsp3) is 0. The normalized spacial score (nSPS) is 10.8. The number of nitrogens with zero attached hydrogens (tertiary/aromatic N) is 4. The molecule has 3 rings (SSSR count). The molecule has 0 aliphatic carbocycles. The van der Waals surface area contributed by atoms with Gasteiger partial charge >= 0.3 is 0 Å². The van der Waals surface area contributed by atoms with Crippen molar-refractivity contribution in [1.82, 2.24) is 19.7 Å². The molecule has 0 saturated carbocycles. The van der Waals surface area contributed by atoms with E-state index in [0.29, 0.717) is 5.65 Å². The lowest BCUT2D eigenvalue weighted by Crippen LogP contribution is -1.93. The molecule has 0 radical (unpaired) electrons. The minimum atomic E-state index is 0.236. The zero-order chi connectivity index (χ0) is 11.0. The number of rotatable bonds is 1. The number of hydrogen-bond donors (Lipinski definition) is 1. The van der Waals surface area contributed by atoms with E-state index in [1.807, 2.05) is 6.20 Å². The molecule has 1 aromatic carbocycles. The van der Waals surface area contributed by atoms with E-state index in [2.05, 4.69) is 15.1 Å². The van der Waals surface area contributed by atoms with Crippen LogP contribution in [0.4, 0.5) is 0 Å². The van der Waals surface area contributed by atoms with Gasteiger partial charge in [0.05, 0.1) is 11.1 Å². The molecule has 0 aliphatic rings. The van der Waals surface area contributed by atoms with Crippen molar-refractivity contribution in [3.05, 3.63) is 43.0 Å². The Morgan fingerprint density at radius 3 is 2.69 bits per heavy atom. The van der Waals surface area contributed by atoms with Crippen molar-refractivity contribution in [2.24, 2.45) is 0 Å². The first-order chi connectivity index (χ1) is 7.83. The molecule has 2 heterocycles. The third-order valence-corrected chi connectivity index (χ3v) is 2.30. The standard InChI is InChI=1S/C11H8N4O/c16-10-3-1-9(2-4-10)15-6-8-5-12-7-13-11(8)14-15/h1-7,16H. The average molecular weight is 212 g/mol. The van der Waals surface area contributed by atoms with Gasteiger partial charge in [-0.2, -0.15) is 0 Å². The van der Waals surface area contributed by atoms with Crippen LogP contribution in [0.3, 0.4) is 0 Å². The summed E-state index contributed by atoms with van der Waals surface area (Å²) in [5, 5.41) is 14.4. The van der Waals surface area contributed by atoms with E-state index in [1.54, 1.807) is 35.1 Å². The second kappa shape index (κ2) is 3.30. The second-order valence-electron chi connectivity index (χ2n) is 3.39. The van der Waals surface area contributed by atoms with Crippen molar-refractivity contribution < 1.29 is 5.11 Å². The topological polar surface area (TPSA) is 63.8 Å². The molecule has 1 N–H and O–H groups in total. The maximum Gasteiger partial charge on any atom is 0.184 e. The molecule has 3 aromatic rings. The van der Waals surface area contributed by atoms with Gasteiger partial charge < -0.3 is 5.11 Å². The molecule has 0 amide bonds. The molecule has 0 fully saturated rings. The highest BCUT2D eigenvalue weighted by molar-refractivity contribution is 5.72. The molecule has 2 aromatic heterocycles. The predicted molar refractivity (Wildman–Crippen MR) is 58.3 cm³/mol. The fourth-order valence-electron chi connectivity index (χ4n) is 1.51. The van der Waals surface area contributed by atoms with E-state index in [1.165, 1.54) is 6.33 Å². The number of fused-ring (bicyclic) bond motifs is 1. The first-order valence-electron chi connectivity index (χ1n) is 4.78. The Bertz CT molecular complexity index is 597. The smallest absolute Gasteiger partial charge is 0.184 e. The number of hydrogen-bond acceptors (Lipinski definition) is 4. The zero-order valence-electron chi connectivity index (χ0n) is 8.28. The van der Waals surface area contributed by atoms with Gasteiger partial charge in [0.2, 0.25) is 0 Å². The van der Waals surface area contributed by atoms with Gasteiger partial charge in [-0.15, -0.1) is 5.10 Å². The lowest BCUT2D eigenvalue weighted by molar-refractivity contribution is 0.475. The Morgan fingerprint density at radius 2 is 1.94 bits per heavy atom. The van der Waals surface area contributed by atoms with E-state index in [0.717, 1.165) is 11.1 Å². The molecule has 0 atom stereocenters. The Hall–Kier alpha value is -2.43. The maximum atomic E-state index is 9.19. The number of aromatic nitrogens is 4.